The van der Waals surface area contributed by atoms with Gasteiger partial charge in [0.25, 0.3) is 11.5 Å². The maximum atomic E-state index is 12.5. The highest BCUT2D eigenvalue weighted by molar-refractivity contribution is 7.94. The van der Waals surface area contributed by atoms with Gasteiger partial charge in [-0.15, -0.1) is 0 Å². The number of carbonyl (C=O) groups excluding carboxylic acids is 2. The van der Waals surface area contributed by atoms with E-state index in [2.05, 4.69) is 10.3 Å². The van der Waals surface area contributed by atoms with Crippen LogP contribution in [0.4, 0.5) is 0 Å². The Labute approximate surface area is 179 Å². The number of amides is 2. The SMILES string of the molecule is O=C(NC/C=C/S(=O)(=O)c1ccccc1)c1cc2c([nH]c1=O)CCN(C(=O)C1CC1)C2. The van der Waals surface area contributed by atoms with Crippen molar-refractivity contribution in [2.24, 2.45) is 5.92 Å². The van der Waals surface area contributed by atoms with Crippen LogP contribution in [0.25, 0.3) is 0 Å². The van der Waals surface area contributed by atoms with Crippen LogP contribution in [0.3, 0.4) is 0 Å². The number of hydrogen-bond acceptors (Lipinski definition) is 5. The van der Waals surface area contributed by atoms with Gasteiger partial charge in [0.2, 0.25) is 5.91 Å². The molecule has 2 N–H and O–H groups in total. The average Bonchev–Trinajstić information content (AvgIpc) is 3.61. The highest BCUT2D eigenvalue weighted by Crippen LogP contribution is 2.32. The van der Waals surface area contributed by atoms with Gasteiger partial charge in [0.05, 0.1) is 4.90 Å². The van der Waals surface area contributed by atoms with Crippen LogP contribution >= 0.6 is 0 Å². The van der Waals surface area contributed by atoms with Crippen LogP contribution in [0.1, 0.15) is 34.5 Å². The first-order valence-electron chi connectivity index (χ1n) is 10.1. The molecule has 2 aliphatic rings. The van der Waals surface area contributed by atoms with Crippen molar-refractivity contribution in [1.82, 2.24) is 15.2 Å². The first-order chi connectivity index (χ1) is 14.8. The van der Waals surface area contributed by atoms with Gasteiger partial charge >= 0.3 is 0 Å². The summed E-state index contributed by atoms with van der Waals surface area (Å²) in [7, 11) is -3.60. The second-order valence-corrected chi connectivity index (χ2v) is 9.57. The van der Waals surface area contributed by atoms with Crippen molar-refractivity contribution in [3.05, 3.63) is 75.1 Å². The van der Waals surface area contributed by atoms with E-state index in [4.69, 9.17) is 0 Å². The third-order valence-corrected chi connectivity index (χ3v) is 6.90. The number of rotatable bonds is 6. The normalized spacial score (nSPS) is 16.2. The van der Waals surface area contributed by atoms with Crippen LogP contribution < -0.4 is 10.9 Å². The van der Waals surface area contributed by atoms with Crippen molar-refractivity contribution < 1.29 is 18.0 Å². The molecule has 0 radical (unpaired) electrons. The fraction of sp³-hybridized carbons (Fsp3) is 0.318. The number of nitrogens with zero attached hydrogens (tertiary/aromatic N) is 1. The Morgan fingerprint density at radius 2 is 1.94 bits per heavy atom. The lowest BCUT2D eigenvalue weighted by molar-refractivity contribution is -0.133. The van der Waals surface area contributed by atoms with Crippen molar-refractivity contribution in [2.45, 2.75) is 30.7 Å². The quantitative estimate of drug-likeness (QED) is 0.703. The summed E-state index contributed by atoms with van der Waals surface area (Å²) in [5, 5.41) is 3.57. The van der Waals surface area contributed by atoms with Gasteiger partial charge in [-0.05, 0) is 36.6 Å². The van der Waals surface area contributed by atoms with Crippen molar-refractivity contribution in [2.75, 3.05) is 13.1 Å². The number of sulfone groups is 1. The predicted octanol–water partition coefficient (Wildman–Crippen LogP) is 1.39. The summed E-state index contributed by atoms with van der Waals surface area (Å²) in [6.45, 7) is 0.884. The third kappa shape index (κ3) is 4.77. The van der Waals surface area contributed by atoms with Crippen molar-refractivity contribution in [1.29, 1.82) is 0 Å². The minimum atomic E-state index is -3.60. The Bertz CT molecular complexity index is 1200. The van der Waals surface area contributed by atoms with Gasteiger partial charge in [-0.1, -0.05) is 24.3 Å². The molecule has 8 nitrogen and oxygen atoms in total. The average molecular weight is 442 g/mol. The smallest absolute Gasteiger partial charge is 0.261 e. The van der Waals surface area contributed by atoms with E-state index < -0.39 is 21.3 Å². The second-order valence-electron chi connectivity index (χ2n) is 7.74. The summed E-state index contributed by atoms with van der Waals surface area (Å²) in [5.41, 5.74) is 0.945. The van der Waals surface area contributed by atoms with E-state index in [1.807, 2.05) is 0 Å². The molecule has 2 heterocycles. The standard InChI is InChI=1S/C22H23N3O5S/c26-20(23-10-4-12-31(29,30)17-5-2-1-3-6-17)18-13-16-14-25(22(28)15-7-8-15)11-9-19(16)24-21(18)27/h1-6,12-13,15H,7-11,14H2,(H,23,26)(H,24,27)/b12-4+. The van der Waals surface area contributed by atoms with E-state index in [9.17, 15) is 22.8 Å². The Hall–Kier alpha value is -3.20. The molecule has 0 saturated heterocycles. The van der Waals surface area contributed by atoms with E-state index in [1.54, 1.807) is 23.1 Å². The van der Waals surface area contributed by atoms with Gasteiger partial charge < -0.3 is 15.2 Å². The highest BCUT2D eigenvalue weighted by atomic mass is 32.2. The monoisotopic (exact) mass is 441 g/mol. The molecule has 1 aliphatic heterocycles. The largest absolute Gasteiger partial charge is 0.348 e. The summed E-state index contributed by atoms with van der Waals surface area (Å²) < 4.78 is 24.4. The fourth-order valence-electron chi connectivity index (χ4n) is 3.56. The Morgan fingerprint density at radius 3 is 2.65 bits per heavy atom. The molecule has 0 spiro atoms. The number of nitrogens with one attached hydrogen (secondary N) is 2. The Balaban J connectivity index is 1.41. The summed E-state index contributed by atoms with van der Waals surface area (Å²) >= 11 is 0. The lowest BCUT2D eigenvalue weighted by Gasteiger charge is -2.29. The molecule has 1 saturated carbocycles. The minimum Gasteiger partial charge on any atom is -0.348 e. The Kier molecular flexibility index (Phi) is 5.77. The first kappa shape index (κ1) is 21.0. The lowest BCUT2D eigenvalue weighted by atomic mass is 10.0. The molecule has 162 valence electrons. The third-order valence-electron chi connectivity index (χ3n) is 5.42. The summed E-state index contributed by atoms with van der Waals surface area (Å²) in [6.07, 6.45) is 3.72. The fourth-order valence-corrected chi connectivity index (χ4v) is 4.61. The van der Waals surface area contributed by atoms with Gasteiger partial charge in [0, 0.05) is 43.1 Å². The number of hydrogen-bond donors (Lipinski definition) is 2. The zero-order valence-electron chi connectivity index (χ0n) is 16.8. The van der Waals surface area contributed by atoms with Crippen LogP contribution in [0.5, 0.6) is 0 Å². The molecule has 4 rings (SSSR count). The van der Waals surface area contributed by atoms with Gasteiger partial charge in [-0.3, -0.25) is 14.4 Å². The molecule has 31 heavy (non-hydrogen) atoms. The minimum absolute atomic E-state index is 0.0479. The van der Waals surface area contributed by atoms with Crippen LogP contribution in [0.2, 0.25) is 0 Å². The zero-order chi connectivity index (χ0) is 22.0. The Morgan fingerprint density at radius 1 is 1.19 bits per heavy atom. The zero-order valence-corrected chi connectivity index (χ0v) is 17.7. The van der Waals surface area contributed by atoms with Gasteiger partial charge in [0.15, 0.2) is 9.84 Å². The number of aromatic amines is 1. The van der Waals surface area contributed by atoms with E-state index in [0.717, 1.165) is 29.5 Å². The molecule has 2 aromatic rings. The summed E-state index contributed by atoms with van der Waals surface area (Å²) in [5.74, 6) is -0.352. The maximum Gasteiger partial charge on any atom is 0.261 e. The van der Waals surface area contributed by atoms with Crippen LogP contribution in [0.15, 0.2) is 57.6 Å². The summed E-state index contributed by atoms with van der Waals surface area (Å²) in [6, 6.07) is 9.49. The van der Waals surface area contributed by atoms with Crippen LogP contribution in [0, 0.1) is 5.92 Å². The number of pyridine rings is 1. The molecule has 0 unspecified atom stereocenters. The molecule has 1 aromatic heterocycles. The van der Waals surface area contributed by atoms with E-state index in [-0.39, 0.29) is 28.8 Å². The lowest BCUT2D eigenvalue weighted by Crippen LogP contribution is -2.39. The number of carbonyl (C=O) groups is 2. The van der Waals surface area contributed by atoms with Crippen LogP contribution in [-0.2, 0) is 27.6 Å². The first-order valence-corrected chi connectivity index (χ1v) is 11.7. The van der Waals surface area contributed by atoms with Gasteiger partial charge in [-0.2, -0.15) is 0 Å². The van der Waals surface area contributed by atoms with Crippen LogP contribution in [-0.4, -0.2) is 43.2 Å². The van der Waals surface area contributed by atoms with Crippen molar-refractivity contribution in [3.8, 4) is 0 Å². The second kappa shape index (κ2) is 8.50. The molecule has 9 heteroatoms. The molecule has 1 fully saturated rings. The highest BCUT2D eigenvalue weighted by Gasteiger charge is 2.35. The van der Waals surface area contributed by atoms with Crippen molar-refractivity contribution >= 4 is 21.7 Å². The molecule has 0 bridgehead atoms. The van der Waals surface area contributed by atoms with Gasteiger partial charge in [-0.25, -0.2) is 8.42 Å². The predicted molar refractivity (Wildman–Crippen MR) is 114 cm³/mol. The number of aromatic nitrogens is 1. The molecule has 1 aromatic carbocycles. The van der Waals surface area contributed by atoms with E-state index in [1.165, 1.54) is 24.3 Å². The van der Waals surface area contributed by atoms with E-state index >= 15 is 0 Å². The van der Waals surface area contributed by atoms with Crippen molar-refractivity contribution in [3.63, 3.8) is 0 Å². The molecule has 0 atom stereocenters. The summed E-state index contributed by atoms with van der Waals surface area (Å²) in [4.78, 5) is 41.8. The topological polar surface area (TPSA) is 116 Å². The number of fused-ring (bicyclic) bond motifs is 1. The molecular weight excluding hydrogens is 418 g/mol. The van der Waals surface area contributed by atoms with Gasteiger partial charge in [0.1, 0.15) is 5.56 Å². The van der Waals surface area contributed by atoms with E-state index in [0.29, 0.717) is 19.5 Å². The molecular formula is C22H23N3O5S. The number of H-pyrrole nitrogens is 1. The maximum absolute atomic E-state index is 12.5. The molecule has 1 aliphatic carbocycles. The molecule has 2 amide bonds. The number of benzene rings is 1.